The molecule has 0 fully saturated rings. The van der Waals surface area contributed by atoms with Gasteiger partial charge < -0.3 is 10.2 Å². The van der Waals surface area contributed by atoms with Crippen LogP contribution in [0.1, 0.15) is 32.3 Å². The number of carbonyl (C=O) groups excluding carboxylic acids is 2. The molecule has 0 spiro atoms. The first-order valence-corrected chi connectivity index (χ1v) is 13.3. The summed E-state index contributed by atoms with van der Waals surface area (Å²) in [5, 5.41) is 2.81. The van der Waals surface area contributed by atoms with Crippen LogP contribution in [-0.4, -0.2) is 50.5 Å². The Balaban J connectivity index is 2.42. The maximum absolute atomic E-state index is 13.5. The first-order valence-electron chi connectivity index (χ1n) is 10.6. The van der Waals surface area contributed by atoms with Crippen LogP contribution in [0.3, 0.4) is 0 Å². The van der Waals surface area contributed by atoms with Crippen LogP contribution in [0.5, 0.6) is 0 Å². The molecule has 0 aliphatic heterocycles. The molecule has 0 saturated carbocycles. The van der Waals surface area contributed by atoms with Gasteiger partial charge in [0.1, 0.15) is 18.4 Å². The van der Waals surface area contributed by atoms with Crippen molar-refractivity contribution in [3.05, 3.63) is 64.4 Å². The highest BCUT2D eigenvalue weighted by Gasteiger charge is 2.32. The van der Waals surface area contributed by atoms with Gasteiger partial charge >= 0.3 is 0 Å². The van der Waals surface area contributed by atoms with Crippen molar-refractivity contribution in [3.63, 3.8) is 0 Å². The molecular formula is C23H29BrFN3O4S. The van der Waals surface area contributed by atoms with Gasteiger partial charge in [-0.25, -0.2) is 12.8 Å². The number of halogens is 2. The predicted molar refractivity (Wildman–Crippen MR) is 131 cm³/mol. The van der Waals surface area contributed by atoms with E-state index in [1.165, 1.54) is 29.2 Å². The van der Waals surface area contributed by atoms with Gasteiger partial charge in [-0.2, -0.15) is 0 Å². The monoisotopic (exact) mass is 541 g/mol. The molecule has 33 heavy (non-hydrogen) atoms. The summed E-state index contributed by atoms with van der Waals surface area (Å²) in [4.78, 5) is 27.7. The molecule has 10 heteroatoms. The van der Waals surface area contributed by atoms with E-state index >= 15 is 0 Å². The van der Waals surface area contributed by atoms with Gasteiger partial charge in [-0.05, 0) is 58.6 Å². The van der Waals surface area contributed by atoms with Gasteiger partial charge in [-0.15, -0.1) is 0 Å². The predicted octanol–water partition coefficient (Wildman–Crippen LogP) is 3.69. The summed E-state index contributed by atoms with van der Waals surface area (Å²) in [6.45, 7) is 3.71. The summed E-state index contributed by atoms with van der Waals surface area (Å²) in [5.41, 5.74) is 0.942. The third kappa shape index (κ3) is 7.53. The Labute approximate surface area is 203 Å². The fourth-order valence-corrected chi connectivity index (χ4v) is 4.80. The van der Waals surface area contributed by atoms with E-state index in [1.807, 2.05) is 6.92 Å². The van der Waals surface area contributed by atoms with Gasteiger partial charge in [-0.1, -0.05) is 38.1 Å². The molecule has 0 aliphatic carbocycles. The van der Waals surface area contributed by atoms with Crippen LogP contribution in [0, 0.1) is 5.82 Å². The number of hydrogen-bond donors (Lipinski definition) is 1. The van der Waals surface area contributed by atoms with Gasteiger partial charge in [0.05, 0.1) is 11.9 Å². The van der Waals surface area contributed by atoms with Crippen LogP contribution >= 0.6 is 15.9 Å². The summed E-state index contributed by atoms with van der Waals surface area (Å²) >= 11 is 3.34. The molecule has 2 aromatic carbocycles. The molecule has 180 valence electrons. The Morgan fingerprint density at radius 3 is 2.27 bits per heavy atom. The average molecular weight is 542 g/mol. The highest BCUT2D eigenvalue weighted by atomic mass is 79.9. The lowest BCUT2D eigenvalue weighted by Gasteiger charge is -2.33. The van der Waals surface area contributed by atoms with Crippen LogP contribution in [0.15, 0.2) is 53.0 Å². The number of rotatable bonds is 11. The van der Waals surface area contributed by atoms with Crippen molar-refractivity contribution in [1.29, 1.82) is 0 Å². The minimum absolute atomic E-state index is 0.0325. The van der Waals surface area contributed by atoms with Gasteiger partial charge in [0.2, 0.25) is 21.8 Å². The van der Waals surface area contributed by atoms with Gasteiger partial charge in [0.15, 0.2) is 0 Å². The largest absolute Gasteiger partial charge is 0.354 e. The fourth-order valence-electron chi connectivity index (χ4n) is 3.32. The van der Waals surface area contributed by atoms with Crippen LogP contribution in [0.2, 0.25) is 0 Å². The molecule has 2 aromatic rings. The minimum Gasteiger partial charge on any atom is -0.354 e. The van der Waals surface area contributed by atoms with Gasteiger partial charge in [0, 0.05) is 17.6 Å². The molecule has 0 aliphatic rings. The summed E-state index contributed by atoms with van der Waals surface area (Å²) in [7, 11) is -3.81. The van der Waals surface area contributed by atoms with E-state index in [2.05, 4.69) is 21.2 Å². The van der Waals surface area contributed by atoms with E-state index in [0.717, 1.165) is 17.0 Å². The van der Waals surface area contributed by atoms with Crippen molar-refractivity contribution in [1.82, 2.24) is 10.2 Å². The fraction of sp³-hybridized carbons (Fsp3) is 0.391. The maximum Gasteiger partial charge on any atom is 0.244 e. The molecule has 2 rings (SSSR count). The molecule has 7 nitrogen and oxygen atoms in total. The molecule has 1 N–H and O–H groups in total. The molecule has 0 bridgehead atoms. The number of sulfonamides is 1. The second-order valence-corrected chi connectivity index (χ2v) is 10.3. The van der Waals surface area contributed by atoms with Gasteiger partial charge in [-0.3, -0.25) is 13.9 Å². The lowest BCUT2D eigenvalue weighted by Crippen LogP contribution is -2.52. The molecular weight excluding hydrogens is 513 g/mol. The number of anilines is 1. The number of hydrogen-bond acceptors (Lipinski definition) is 4. The van der Waals surface area contributed by atoms with Crippen molar-refractivity contribution < 1.29 is 22.4 Å². The van der Waals surface area contributed by atoms with Crippen molar-refractivity contribution >= 4 is 43.5 Å². The van der Waals surface area contributed by atoms with Crippen molar-refractivity contribution in [2.24, 2.45) is 0 Å². The van der Waals surface area contributed by atoms with Crippen LogP contribution in [-0.2, 0) is 26.2 Å². The number of nitrogens with zero attached hydrogens (tertiary/aromatic N) is 2. The molecule has 2 amide bonds. The number of amides is 2. The molecule has 0 aromatic heterocycles. The number of nitrogens with one attached hydrogen (secondary N) is 1. The van der Waals surface area contributed by atoms with E-state index in [1.54, 1.807) is 31.2 Å². The van der Waals surface area contributed by atoms with E-state index in [0.29, 0.717) is 28.7 Å². The average Bonchev–Trinajstić information content (AvgIpc) is 2.77. The Morgan fingerprint density at radius 2 is 1.73 bits per heavy atom. The number of carbonyl (C=O) groups is 2. The molecule has 1 atom stereocenters. The third-order valence-corrected chi connectivity index (χ3v) is 6.80. The van der Waals surface area contributed by atoms with Crippen LogP contribution < -0.4 is 9.62 Å². The molecule has 0 radical (unpaired) electrons. The zero-order valence-electron chi connectivity index (χ0n) is 18.9. The zero-order chi connectivity index (χ0) is 24.6. The Bertz CT molecular complexity index is 1060. The zero-order valence-corrected chi connectivity index (χ0v) is 21.3. The normalized spacial score (nSPS) is 12.2. The lowest BCUT2D eigenvalue weighted by molar-refractivity contribution is -0.140. The van der Waals surface area contributed by atoms with E-state index in [-0.39, 0.29) is 12.5 Å². The first kappa shape index (κ1) is 26.8. The summed E-state index contributed by atoms with van der Waals surface area (Å²) in [6.07, 6.45) is 2.09. The van der Waals surface area contributed by atoms with Crippen molar-refractivity contribution in [2.45, 2.75) is 39.3 Å². The SMILES string of the molecule is CCCNC(=O)C(CC)N(Cc1ccc(F)cc1)C(=O)CN(c1ccccc1Br)S(C)(=O)=O. The van der Waals surface area contributed by atoms with Crippen LogP contribution in [0.4, 0.5) is 10.1 Å². The second kappa shape index (κ2) is 12.1. The lowest BCUT2D eigenvalue weighted by atomic mass is 10.1. The van der Waals surface area contributed by atoms with Crippen LogP contribution in [0.25, 0.3) is 0 Å². The summed E-state index contributed by atoms with van der Waals surface area (Å²) < 4.78 is 40.0. The smallest absolute Gasteiger partial charge is 0.244 e. The maximum atomic E-state index is 13.5. The standard InChI is InChI=1S/C23H29BrFN3O4S/c1-4-14-26-23(30)20(5-2)27(15-17-10-12-18(25)13-11-17)22(29)16-28(33(3,31)32)21-9-7-6-8-19(21)24/h6-13,20H,4-5,14-16H2,1-3H3,(H,26,30). The Kier molecular flexibility index (Phi) is 9.85. The van der Waals surface area contributed by atoms with E-state index in [4.69, 9.17) is 0 Å². The molecule has 0 heterocycles. The Morgan fingerprint density at radius 1 is 1.09 bits per heavy atom. The highest BCUT2D eigenvalue weighted by molar-refractivity contribution is 9.10. The molecule has 1 unspecified atom stereocenters. The second-order valence-electron chi connectivity index (χ2n) is 7.58. The summed E-state index contributed by atoms with van der Waals surface area (Å²) in [6, 6.07) is 11.5. The number of para-hydroxylation sites is 1. The summed E-state index contributed by atoms with van der Waals surface area (Å²) in [5.74, 6) is -1.28. The van der Waals surface area contributed by atoms with Crippen molar-refractivity contribution in [3.8, 4) is 0 Å². The first-order chi connectivity index (χ1) is 15.6. The topological polar surface area (TPSA) is 86.8 Å². The third-order valence-electron chi connectivity index (χ3n) is 5.00. The molecule has 0 saturated heterocycles. The number of benzene rings is 2. The van der Waals surface area contributed by atoms with Crippen molar-refractivity contribution in [2.75, 3.05) is 23.7 Å². The minimum atomic E-state index is -3.81. The van der Waals surface area contributed by atoms with E-state index in [9.17, 15) is 22.4 Å². The highest BCUT2D eigenvalue weighted by Crippen LogP contribution is 2.28. The van der Waals surface area contributed by atoms with Gasteiger partial charge in [0.25, 0.3) is 0 Å². The van der Waals surface area contributed by atoms with E-state index < -0.39 is 34.3 Å². The Hall–Kier alpha value is -2.46. The quantitative estimate of drug-likeness (QED) is 0.470.